The molecule has 6 nitrogen and oxygen atoms in total. The summed E-state index contributed by atoms with van der Waals surface area (Å²) in [5.41, 5.74) is 2.17. The predicted molar refractivity (Wildman–Crippen MR) is 97.3 cm³/mol. The fourth-order valence-electron chi connectivity index (χ4n) is 2.77. The van der Waals surface area contributed by atoms with Crippen molar-refractivity contribution in [3.05, 3.63) is 35.4 Å². The Bertz CT molecular complexity index is 566. The molecule has 1 aromatic rings. The third-order valence-corrected chi connectivity index (χ3v) is 4.32. The van der Waals surface area contributed by atoms with Gasteiger partial charge in [-0.25, -0.2) is 4.79 Å². The third-order valence-electron chi connectivity index (χ3n) is 4.32. The van der Waals surface area contributed by atoms with E-state index in [9.17, 15) is 9.59 Å². The number of morpholine rings is 1. The van der Waals surface area contributed by atoms with Crippen LogP contribution in [0.5, 0.6) is 0 Å². The zero-order chi connectivity index (χ0) is 18.2. The van der Waals surface area contributed by atoms with Gasteiger partial charge in [0.05, 0.1) is 25.8 Å². The minimum absolute atomic E-state index is 0.295. The SMILES string of the molecule is CC(C)Cc1ccc(C(C)C(=O)NC(=O)NCN2CCOCC2)cc1. The van der Waals surface area contributed by atoms with Crippen molar-refractivity contribution < 1.29 is 14.3 Å². The molecule has 1 aliphatic rings. The van der Waals surface area contributed by atoms with E-state index in [-0.39, 0.29) is 11.8 Å². The van der Waals surface area contributed by atoms with Crippen LogP contribution in [-0.2, 0) is 16.0 Å². The van der Waals surface area contributed by atoms with Gasteiger partial charge in [-0.15, -0.1) is 0 Å². The molecule has 0 aromatic heterocycles. The smallest absolute Gasteiger partial charge is 0.322 e. The van der Waals surface area contributed by atoms with Crippen LogP contribution >= 0.6 is 0 Å². The van der Waals surface area contributed by atoms with E-state index in [2.05, 4.69) is 41.5 Å². The zero-order valence-electron chi connectivity index (χ0n) is 15.4. The maximum Gasteiger partial charge on any atom is 0.322 e. The summed E-state index contributed by atoms with van der Waals surface area (Å²) in [5.74, 6) is -0.0694. The molecule has 1 unspecified atom stereocenters. The maximum atomic E-state index is 12.3. The van der Waals surface area contributed by atoms with Gasteiger partial charge in [-0.3, -0.25) is 15.0 Å². The highest BCUT2D eigenvalue weighted by Gasteiger charge is 2.18. The Morgan fingerprint density at radius 2 is 1.76 bits per heavy atom. The molecular weight excluding hydrogens is 318 g/mol. The van der Waals surface area contributed by atoms with Crippen molar-refractivity contribution in [2.24, 2.45) is 5.92 Å². The molecular formula is C19H29N3O3. The van der Waals surface area contributed by atoms with Crippen LogP contribution in [-0.4, -0.2) is 49.8 Å². The van der Waals surface area contributed by atoms with E-state index in [1.807, 2.05) is 19.1 Å². The van der Waals surface area contributed by atoms with Crippen molar-refractivity contribution in [3.8, 4) is 0 Å². The maximum absolute atomic E-state index is 12.3. The molecule has 0 aliphatic carbocycles. The Morgan fingerprint density at radius 3 is 2.36 bits per heavy atom. The number of nitrogens with one attached hydrogen (secondary N) is 2. The van der Waals surface area contributed by atoms with Crippen LogP contribution in [0.1, 0.15) is 37.8 Å². The molecule has 0 radical (unpaired) electrons. The van der Waals surface area contributed by atoms with Gasteiger partial charge in [-0.2, -0.15) is 0 Å². The van der Waals surface area contributed by atoms with E-state index in [4.69, 9.17) is 4.74 Å². The first-order chi connectivity index (χ1) is 12.0. The second-order valence-corrected chi connectivity index (χ2v) is 6.94. The summed E-state index contributed by atoms with van der Waals surface area (Å²) in [6.45, 7) is 9.50. The topological polar surface area (TPSA) is 70.7 Å². The number of hydrogen-bond acceptors (Lipinski definition) is 4. The zero-order valence-corrected chi connectivity index (χ0v) is 15.4. The number of imide groups is 1. The molecule has 3 amide bonds. The molecule has 0 bridgehead atoms. The fraction of sp³-hybridized carbons (Fsp3) is 0.579. The Balaban J connectivity index is 1.79. The molecule has 1 aliphatic heterocycles. The average molecular weight is 347 g/mol. The molecule has 2 N–H and O–H groups in total. The predicted octanol–water partition coefficient (Wildman–Crippen LogP) is 2.10. The number of ether oxygens (including phenoxy) is 1. The molecule has 6 heteroatoms. The first kappa shape index (κ1) is 19.4. The molecule has 0 spiro atoms. The summed E-state index contributed by atoms with van der Waals surface area (Å²) in [4.78, 5) is 26.2. The average Bonchev–Trinajstić information content (AvgIpc) is 2.60. The van der Waals surface area contributed by atoms with E-state index in [1.54, 1.807) is 0 Å². The second-order valence-electron chi connectivity index (χ2n) is 6.94. The molecule has 25 heavy (non-hydrogen) atoms. The van der Waals surface area contributed by atoms with Crippen molar-refractivity contribution in [1.82, 2.24) is 15.5 Å². The lowest BCUT2D eigenvalue weighted by atomic mass is 9.96. The number of rotatable bonds is 6. The minimum atomic E-state index is -0.459. The van der Waals surface area contributed by atoms with Crippen LogP contribution < -0.4 is 10.6 Å². The van der Waals surface area contributed by atoms with Gasteiger partial charge in [0.25, 0.3) is 0 Å². The summed E-state index contributed by atoms with van der Waals surface area (Å²) in [6.07, 6.45) is 1.02. The molecule has 1 fully saturated rings. The van der Waals surface area contributed by atoms with E-state index in [1.165, 1.54) is 5.56 Å². The highest BCUT2D eigenvalue weighted by molar-refractivity contribution is 5.97. The Labute approximate surface area is 149 Å². The quantitative estimate of drug-likeness (QED) is 0.827. The Hall–Kier alpha value is -1.92. The van der Waals surface area contributed by atoms with Gasteiger partial charge in [0.15, 0.2) is 0 Å². The van der Waals surface area contributed by atoms with Gasteiger partial charge in [-0.1, -0.05) is 38.1 Å². The first-order valence-electron chi connectivity index (χ1n) is 8.93. The number of nitrogens with zero attached hydrogens (tertiary/aromatic N) is 1. The summed E-state index contributed by atoms with van der Waals surface area (Å²) >= 11 is 0. The highest BCUT2D eigenvalue weighted by Crippen LogP contribution is 2.17. The van der Waals surface area contributed by atoms with E-state index < -0.39 is 6.03 Å². The van der Waals surface area contributed by atoms with Crippen LogP contribution in [0, 0.1) is 5.92 Å². The van der Waals surface area contributed by atoms with Gasteiger partial charge in [0.1, 0.15) is 0 Å². The molecule has 1 heterocycles. The van der Waals surface area contributed by atoms with Gasteiger partial charge < -0.3 is 10.1 Å². The number of benzene rings is 1. The number of urea groups is 1. The van der Waals surface area contributed by atoms with E-state index >= 15 is 0 Å². The van der Waals surface area contributed by atoms with Gasteiger partial charge >= 0.3 is 6.03 Å². The molecule has 1 atom stereocenters. The third kappa shape index (κ3) is 6.48. The van der Waals surface area contributed by atoms with Crippen LogP contribution in [0.25, 0.3) is 0 Å². The summed E-state index contributed by atoms with van der Waals surface area (Å²) in [7, 11) is 0. The molecule has 0 saturated carbocycles. The van der Waals surface area contributed by atoms with E-state index in [0.29, 0.717) is 25.8 Å². The van der Waals surface area contributed by atoms with Gasteiger partial charge in [0.2, 0.25) is 5.91 Å². The standard InChI is InChI=1S/C19H29N3O3/c1-14(2)12-16-4-6-17(7-5-16)15(3)18(23)21-19(24)20-13-22-8-10-25-11-9-22/h4-7,14-15H,8-13H2,1-3H3,(H2,20,21,23,24). The normalized spacial score (nSPS) is 16.5. The Morgan fingerprint density at radius 1 is 1.12 bits per heavy atom. The minimum Gasteiger partial charge on any atom is -0.379 e. The molecule has 2 rings (SSSR count). The highest BCUT2D eigenvalue weighted by atomic mass is 16.5. The number of amides is 3. The van der Waals surface area contributed by atoms with Gasteiger partial charge in [-0.05, 0) is 30.4 Å². The van der Waals surface area contributed by atoms with Crippen LogP contribution in [0.3, 0.4) is 0 Å². The monoisotopic (exact) mass is 347 g/mol. The van der Waals surface area contributed by atoms with Crippen LogP contribution in [0.2, 0.25) is 0 Å². The van der Waals surface area contributed by atoms with Crippen LogP contribution in [0.4, 0.5) is 4.79 Å². The molecule has 138 valence electrons. The van der Waals surface area contributed by atoms with Crippen molar-refractivity contribution in [2.45, 2.75) is 33.1 Å². The Kier molecular flexibility index (Phi) is 7.40. The van der Waals surface area contributed by atoms with Crippen LogP contribution in [0.15, 0.2) is 24.3 Å². The first-order valence-corrected chi connectivity index (χ1v) is 8.93. The molecule has 1 aromatic carbocycles. The lowest BCUT2D eigenvalue weighted by Crippen LogP contribution is -2.48. The van der Waals surface area contributed by atoms with Crippen molar-refractivity contribution in [2.75, 3.05) is 33.0 Å². The van der Waals surface area contributed by atoms with Gasteiger partial charge in [0, 0.05) is 13.1 Å². The fourth-order valence-corrected chi connectivity index (χ4v) is 2.77. The lowest BCUT2D eigenvalue weighted by Gasteiger charge is -2.26. The summed E-state index contributed by atoms with van der Waals surface area (Å²) in [5, 5.41) is 5.14. The van der Waals surface area contributed by atoms with Crippen molar-refractivity contribution >= 4 is 11.9 Å². The largest absolute Gasteiger partial charge is 0.379 e. The molecule has 1 saturated heterocycles. The second kappa shape index (κ2) is 9.53. The number of carbonyl (C=O) groups excluding carboxylic acids is 2. The number of carbonyl (C=O) groups is 2. The van der Waals surface area contributed by atoms with E-state index in [0.717, 1.165) is 25.1 Å². The van der Waals surface area contributed by atoms with Crippen molar-refractivity contribution in [1.29, 1.82) is 0 Å². The number of hydrogen-bond donors (Lipinski definition) is 2. The summed E-state index contributed by atoms with van der Waals surface area (Å²) < 4.78 is 5.26. The van der Waals surface area contributed by atoms with Crippen molar-refractivity contribution in [3.63, 3.8) is 0 Å². The lowest BCUT2D eigenvalue weighted by molar-refractivity contribution is -0.121. The summed E-state index contributed by atoms with van der Waals surface area (Å²) in [6, 6.07) is 7.58.